The Kier molecular flexibility index (Phi) is 6.35. The molecule has 138 valence electrons. The minimum Gasteiger partial charge on any atom is -0.461 e. The van der Waals surface area contributed by atoms with Gasteiger partial charge in [-0.3, -0.25) is 4.79 Å². The van der Waals surface area contributed by atoms with E-state index in [9.17, 15) is 9.59 Å². The van der Waals surface area contributed by atoms with Gasteiger partial charge in [0.1, 0.15) is 19.3 Å². The van der Waals surface area contributed by atoms with E-state index in [1.54, 1.807) is 17.0 Å². The van der Waals surface area contributed by atoms with E-state index in [4.69, 9.17) is 9.47 Å². The number of imidazole rings is 1. The molecule has 1 atom stereocenters. The van der Waals surface area contributed by atoms with Crippen molar-refractivity contribution in [3.05, 3.63) is 90.5 Å². The van der Waals surface area contributed by atoms with Crippen LogP contribution >= 0.6 is 0 Å². The molecule has 1 aromatic heterocycles. The Morgan fingerprint density at radius 1 is 0.889 bits per heavy atom. The van der Waals surface area contributed by atoms with Crippen LogP contribution in [0.1, 0.15) is 23.6 Å². The second-order valence-electron chi connectivity index (χ2n) is 5.97. The number of hydrogen-bond acceptors (Lipinski definition) is 5. The number of benzene rings is 2. The third-order valence-electron chi connectivity index (χ3n) is 3.98. The summed E-state index contributed by atoms with van der Waals surface area (Å²) in [5, 5.41) is 0. The van der Waals surface area contributed by atoms with Crippen molar-refractivity contribution in [1.82, 2.24) is 9.55 Å². The SMILES string of the molecule is O=C(C[C@H](C(=O)OCc1ccccc1)n1ccnc1)OCc1ccccc1. The first-order valence-corrected chi connectivity index (χ1v) is 8.60. The number of esters is 2. The maximum absolute atomic E-state index is 12.5. The summed E-state index contributed by atoms with van der Waals surface area (Å²) in [5.41, 5.74) is 1.76. The average Bonchev–Trinajstić information content (AvgIpc) is 3.25. The topological polar surface area (TPSA) is 70.4 Å². The zero-order chi connectivity index (χ0) is 18.9. The third-order valence-corrected chi connectivity index (χ3v) is 3.98. The van der Waals surface area contributed by atoms with Crippen LogP contribution in [-0.4, -0.2) is 21.5 Å². The van der Waals surface area contributed by atoms with Crippen molar-refractivity contribution in [1.29, 1.82) is 0 Å². The van der Waals surface area contributed by atoms with Gasteiger partial charge in [-0.2, -0.15) is 0 Å². The van der Waals surface area contributed by atoms with Crippen molar-refractivity contribution in [2.75, 3.05) is 0 Å². The lowest BCUT2D eigenvalue weighted by atomic mass is 10.2. The van der Waals surface area contributed by atoms with Crippen LogP contribution in [-0.2, 0) is 32.3 Å². The monoisotopic (exact) mass is 364 g/mol. The van der Waals surface area contributed by atoms with Crippen molar-refractivity contribution in [2.24, 2.45) is 0 Å². The Morgan fingerprint density at radius 3 is 2.04 bits per heavy atom. The van der Waals surface area contributed by atoms with Crippen LogP contribution in [0.3, 0.4) is 0 Å². The van der Waals surface area contributed by atoms with Crippen molar-refractivity contribution < 1.29 is 19.1 Å². The average molecular weight is 364 g/mol. The smallest absolute Gasteiger partial charge is 0.330 e. The molecule has 0 fully saturated rings. The van der Waals surface area contributed by atoms with Gasteiger partial charge in [0.2, 0.25) is 0 Å². The van der Waals surface area contributed by atoms with Gasteiger partial charge in [-0.1, -0.05) is 60.7 Å². The Morgan fingerprint density at radius 2 is 1.48 bits per heavy atom. The van der Waals surface area contributed by atoms with Crippen molar-refractivity contribution in [3.8, 4) is 0 Å². The van der Waals surface area contributed by atoms with E-state index in [1.165, 1.54) is 6.33 Å². The van der Waals surface area contributed by atoms with Crippen LogP contribution in [0.4, 0.5) is 0 Å². The first-order valence-electron chi connectivity index (χ1n) is 8.60. The van der Waals surface area contributed by atoms with Crippen LogP contribution in [0.5, 0.6) is 0 Å². The van der Waals surface area contributed by atoms with Gasteiger partial charge < -0.3 is 14.0 Å². The minimum atomic E-state index is -0.820. The molecule has 0 bridgehead atoms. The Labute approximate surface area is 157 Å². The second kappa shape index (κ2) is 9.33. The maximum Gasteiger partial charge on any atom is 0.330 e. The standard InChI is InChI=1S/C21H20N2O4/c24-20(26-14-17-7-3-1-4-8-17)13-19(23-12-11-22-16-23)21(25)27-15-18-9-5-2-6-10-18/h1-12,16,19H,13-15H2/t19-/m1/s1. The number of aromatic nitrogens is 2. The molecule has 3 rings (SSSR count). The predicted octanol–water partition coefficient (Wildman–Crippen LogP) is 3.30. The van der Waals surface area contributed by atoms with Gasteiger partial charge >= 0.3 is 11.9 Å². The number of rotatable bonds is 8. The van der Waals surface area contributed by atoms with E-state index in [0.717, 1.165) is 11.1 Å². The summed E-state index contributed by atoms with van der Waals surface area (Å²) in [6.07, 6.45) is 4.53. The highest BCUT2D eigenvalue weighted by Crippen LogP contribution is 2.16. The third kappa shape index (κ3) is 5.54. The number of nitrogens with zero attached hydrogens (tertiary/aromatic N) is 2. The van der Waals surface area contributed by atoms with E-state index < -0.39 is 18.0 Å². The Balaban J connectivity index is 1.59. The summed E-state index contributed by atoms with van der Waals surface area (Å²) >= 11 is 0. The molecule has 1 heterocycles. The molecule has 0 unspecified atom stereocenters. The van der Waals surface area contributed by atoms with Gasteiger partial charge in [-0.05, 0) is 11.1 Å². The fourth-order valence-electron chi connectivity index (χ4n) is 2.54. The second-order valence-corrected chi connectivity index (χ2v) is 5.97. The molecule has 0 N–H and O–H groups in total. The molecule has 0 radical (unpaired) electrons. The summed E-state index contributed by atoms with van der Waals surface area (Å²) in [4.78, 5) is 28.7. The van der Waals surface area contributed by atoms with Gasteiger partial charge in [-0.25, -0.2) is 9.78 Å². The van der Waals surface area contributed by atoms with Gasteiger partial charge in [0, 0.05) is 12.4 Å². The molecule has 6 heteroatoms. The van der Waals surface area contributed by atoms with Crippen LogP contribution in [0.25, 0.3) is 0 Å². The molecule has 3 aromatic rings. The molecule has 0 saturated carbocycles. The fraction of sp³-hybridized carbons (Fsp3) is 0.190. The molecule has 0 aliphatic rings. The first-order chi connectivity index (χ1) is 13.2. The van der Waals surface area contributed by atoms with Crippen molar-refractivity contribution in [2.45, 2.75) is 25.7 Å². The Hall–Kier alpha value is -3.41. The normalized spacial score (nSPS) is 11.6. The number of carbonyl (C=O) groups is 2. The number of carbonyl (C=O) groups excluding carboxylic acids is 2. The molecule has 0 aliphatic heterocycles. The van der Waals surface area contributed by atoms with E-state index >= 15 is 0 Å². The molecule has 2 aromatic carbocycles. The first kappa shape index (κ1) is 18.4. The summed E-state index contributed by atoms with van der Waals surface area (Å²) < 4.78 is 12.2. The van der Waals surface area contributed by atoms with Gasteiger partial charge in [0.05, 0.1) is 12.7 Å². The molecule has 0 amide bonds. The fourth-order valence-corrected chi connectivity index (χ4v) is 2.54. The molecule has 6 nitrogen and oxygen atoms in total. The highest BCUT2D eigenvalue weighted by atomic mass is 16.5. The van der Waals surface area contributed by atoms with Crippen molar-refractivity contribution >= 4 is 11.9 Å². The highest BCUT2D eigenvalue weighted by Gasteiger charge is 2.26. The van der Waals surface area contributed by atoms with E-state index in [1.807, 2.05) is 60.7 Å². The summed E-state index contributed by atoms with van der Waals surface area (Å²) in [6.45, 7) is 0.305. The summed E-state index contributed by atoms with van der Waals surface area (Å²) in [5.74, 6) is -0.984. The number of hydrogen-bond donors (Lipinski definition) is 0. The van der Waals surface area contributed by atoms with E-state index in [2.05, 4.69) is 4.98 Å². The largest absolute Gasteiger partial charge is 0.461 e. The highest BCUT2D eigenvalue weighted by molar-refractivity contribution is 5.81. The van der Waals surface area contributed by atoms with E-state index in [0.29, 0.717) is 0 Å². The lowest BCUT2D eigenvalue weighted by Crippen LogP contribution is -2.24. The Bertz CT molecular complexity index is 848. The van der Waals surface area contributed by atoms with Crippen LogP contribution in [0.2, 0.25) is 0 Å². The van der Waals surface area contributed by atoms with Crippen LogP contribution in [0, 0.1) is 0 Å². The predicted molar refractivity (Wildman–Crippen MR) is 98.4 cm³/mol. The lowest BCUT2D eigenvalue weighted by molar-refractivity contribution is -0.155. The van der Waals surface area contributed by atoms with Gasteiger partial charge in [0.15, 0.2) is 0 Å². The summed E-state index contributed by atoms with van der Waals surface area (Å²) in [6, 6.07) is 17.9. The van der Waals surface area contributed by atoms with Gasteiger partial charge in [0.25, 0.3) is 0 Å². The lowest BCUT2D eigenvalue weighted by Gasteiger charge is -2.17. The zero-order valence-corrected chi connectivity index (χ0v) is 14.7. The maximum atomic E-state index is 12.5. The zero-order valence-electron chi connectivity index (χ0n) is 14.7. The van der Waals surface area contributed by atoms with Crippen molar-refractivity contribution in [3.63, 3.8) is 0 Å². The number of ether oxygens (including phenoxy) is 2. The van der Waals surface area contributed by atoms with Crippen LogP contribution in [0.15, 0.2) is 79.4 Å². The molecular weight excluding hydrogens is 344 g/mol. The van der Waals surface area contributed by atoms with Gasteiger partial charge in [-0.15, -0.1) is 0 Å². The molecule has 0 saturated heterocycles. The molecular formula is C21H20N2O4. The molecule has 27 heavy (non-hydrogen) atoms. The summed E-state index contributed by atoms with van der Waals surface area (Å²) in [7, 11) is 0. The van der Waals surface area contributed by atoms with Crippen LogP contribution < -0.4 is 0 Å². The molecule has 0 spiro atoms. The molecule has 0 aliphatic carbocycles. The van der Waals surface area contributed by atoms with E-state index in [-0.39, 0.29) is 19.6 Å². The quantitative estimate of drug-likeness (QED) is 0.574. The minimum absolute atomic E-state index is 0.128.